The SMILES string of the molecule is CCN(CCO)CCCC(C)Nc1c(Cl)cnc2cc(Cl)ccc12.O=S(=O)(O)O. The third kappa shape index (κ3) is 10.4. The van der Waals surface area contributed by atoms with E-state index in [-0.39, 0.29) is 12.6 Å². The first-order valence-corrected chi connectivity index (χ1v) is 11.2. The maximum Gasteiger partial charge on any atom is 0.394 e. The van der Waals surface area contributed by atoms with Gasteiger partial charge in [-0.3, -0.25) is 14.1 Å². The Bertz CT molecular complexity index is 875. The van der Waals surface area contributed by atoms with Gasteiger partial charge in [0.15, 0.2) is 0 Å². The third-order valence-electron chi connectivity index (χ3n) is 4.15. The van der Waals surface area contributed by atoms with E-state index in [1.807, 2.05) is 18.2 Å². The number of aromatic nitrogens is 1. The second kappa shape index (κ2) is 12.5. The van der Waals surface area contributed by atoms with Gasteiger partial charge in [-0.2, -0.15) is 8.42 Å². The minimum absolute atomic E-state index is 0.211. The molecule has 0 radical (unpaired) electrons. The molecular weight excluding hydrogens is 441 g/mol. The number of nitrogens with one attached hydrogen (secondary N) is 1. The van der Waals surface area contributed by atoms with Crippen molar-refractivity contribution < 1.29 is 22.6 Å². The van der Waals surface area contributed by atoms with Crippen LogP contribution in [-0.4, -0.2) is 64.8 Å². The van der Waals surface area contributed by atoms with Crippen LogP contribution in [0.15, 0.2) is 24.4 Å². The van der Waals surface area contributed by atoms with Crippen LogP contribution in [0.25, 0.3) is 10.9 Å². The largest absolute Gasteiger partial charge is 0.395 e. The smallest absolute Gasteiger partial charge is 0.394 e. The maximum atomic E-state index is 9.04. The Morgan fingerprint density at radius 2 is 1.90 bits per heavy atom. The fraction of sp³-hybridized carbons (Fsp3) is 0.500. The van der Waals surface area contributed by atoms with Gasteiger partial charge >= 0.3 is 10.4 Å². The number of aliphatic hydroxyl groups excluding tert-OH is 1. The number of anilines is 1. The predicted molar refractivity (Wildman–Crippen MR) is 117 cm³/mol. The number of nitrogens with zero attached hydrogens (tertiary/aromatic N) is 2. The van der Waals surface area contributed by atoms with Crippen molar-refractivity contribution in [3.63, 3.8) is 0 Å². The summed E-state index contributed by atoms with van der Waals surface area (Å²) >= 11 is 12.4. The van der Waals surface area contributed by atoms with Crippen molar-refractivity contribution >= 4 is 50.2 Å². The summed E-state index contributed by atoms with van der Waals surface area (Å²) in [5.74, 6) is 0. The molecule has 2 rings (SSSR count). The number of hydrogen-bond donors (Lipinski definition) is 4. The van der Waals surface area contributed by atoms with Crippen molar-refractivity contribution in [3.05, 3.63) is 34.4 Å². The van der Waals surface area contributed by atoms with Gasteiger partial charge in [0.2, 0.25) is 0 Å². The normalized spacial score (nSPS) is 12.6. The van der Waals surface area contributed by atoms with Gasteiger partial charge < -0.3 is 15.3 Å². The van der Waals surface area contributed by atoms with E-state index in [1.54, 1.807) is 6.20 Å². The average molecular weight is 468 g/mol. The van der Waals surface area contributed by atoms with Crippen LogP contribution in [0.4, 0.5) is 5.69 Å². The highest BCUT2D eigenvalue weighted by molar-refractivity contribution is 7.79. The summed E-state index contributed by atoms with van der Waals surface area (Å²) < 4.78 is 31.6. The summed E-state index contributed by atoms with van der Waals surface area (Å²) in [5.41, 5.74) is 1.75. The Balaban J connectivity index is 0.000000749. The quantitative estimate of drug-likeness (QED) is 0.410. The van der Waals surface area contributed by atoms with Crippen LogP contribution < -0.4 is 5.32 Å². The van der Waals surface area contributed by atoms with E-state index >= 15 is 0 Å². The molecule has 0 aliphatic rings. The van der Waals surface area contributed by atoms with Gasteiger partial charge in [0, 0.05) is 29.2 Å². The lowest BCUT2D eigenvalue weighted by atomic mass is 10.1. The molecule has 0 saturated heterocycles. The van der Waals surface area contributed by atoms with Gasteiger partial charge in [-0.15, -0.1) is 0 Å². The lowest BCUT2D eigenvalue weighted by Crippen LogP contribution is -2.28. The molecule has 0 aliphatic heterocycles. The highest BCUT2D eigenvalue weighted by Gasteiger charge is 2.11. The van der Waals surface area contributed by atoms with Crippen LogP contribution in [0, 0.1) is 0 Å². The molecule has 1 aromatic carbocycles. The molecule has 1 atom stereocenters. The molecule has 1 unspecified atom stereocenters. The number of hydrogen-bond acceptors (Lipinski definition) is 6. The van der Waals surface area contributed by atoms with E-state index < -0.39 is 10.4 Å². The van der Waals surface area contributed by atoms with Gasteiger partial charge in [-0.25, -0.2) is 0 Å². The summed E-state index contributed by atoms with van der Waals surface area (Å²) in [6, 6.07) is 5.94. The van der Waals surface area contributed by atoms with Crippen molar-refractivity contribution in [1.29, 1.82) is 0 Å². The molecule has 0 spiro atoms. The monoisotopic (exact) mass is 467 g/mol. The Morgan fingerprint density at radius 1 is 1.24 bits per heavy atom. The maximum absolute atomic E-state index is 9.04. The first-order chi connectivity index (χ1) is 13.5. The minimum Gasteiger partial charge on any atom is -0.395 e. The van der Waals surface area contributed by atoms with Gasteiger partial charge in [0.25, 0.3) is 0 Å². The van der Waals surface area contributed by atoms with Crippen LogP contribution in [-0.2, 0) is 10.4 Å². The molecule has 1 heterocycles. The molecule has 29 heavy (non-hydrogen) atoms. The van der Waals surface area contributed by atoms with Gasteiger partial charge in [-0.1, -0.05) is 30.1 Å². The Labute approximate surface area is 181 Å². The highest BCUT2D eigenvalue weighted by Crippen LogP contribution is 2.31. The summed E-state index contributed by atoms with van der Waals surface area (Å²) in [6.07, 6.45) is 3.75. The fourth-order valence-corrected chi connectivity index (χ4v) is 3.17. The zero-order chi connectivity index (χ0) is 22.0. The van der Waals surface area contributed by atoms with E-state index in [9.17, 15) is 0 Å². The second-order valence-corrected chi connectivity index (χ2v) is 8.18. The van der Waals surface area contributed by atoms with E-state index in [0.717, 1.165) is 49.1 Å². The first-order valence-electron chi connectivity index (χ1n) is 9.08. The molecule has 8 nitrogen and oxygen atoms in total. The number of aliphatic hydroxyl groups is 1. The Kier molecular flexibility index (Phi) is 11.1. The molecular formula is C18H27Cl2N3O5S. The van der Waals surface area contributed by atoms with Crippen molar-refractivity contribution in [2.24, 2.45) is 0 Å². The summed E-state index contributed by atoms with van der Waals surface area (Å²) in [4.78, 5) is 6.59. The number of rotatable bonds is 9. The lowest BCUT2D eigenvalue weighted by Gasteiger charge is -2.21. The molecule has 1 aromatic heterocycles. The molecule has 0 fully saturated rings. The Hall–Kier alpha value is -1.20. The van der Waals surface area contributed by atoms with E-state index in [0.29, 0.717) is 10.0 Å². The van der Waals surface area contributed by atoms with E-state index in [2.05, 4.69) is 29.0 Å². The molecule has 164 valence electrons. The third-order valence-corrected chi connectivity index (χ3v) is 4.67. The highest BCUT2D eigenvalue weighted by atomic mass is 35.5. The van der Waals surface area contributed by atoms with E-state index in [4.69, 9.17) is 45.8 Å². The van der Waals surface area contributed by atoms with Crippen molar-refractivity contribution in [2.45, 2.75) is 32.7 Å². The summed E-state index contributed by atoms with van der Waals surface area (Å²) in [6.45, 7) is 7.17. The van der Waals surface area contributed by atoms with Crippen molar-refractivity contribution in [2.75, 3.05) is 31.6 Å². The topological polar surface area (TPSA) is 123 Å². The molecule has 0 bridgehead atoms. The van der Waals surface area contributed by atoms with Crippen LogP contribution >= 0.6 is 23.2 Å². The van der Waals surface area contributed by atoms with Crippen molar-refractivity contribution in [1.82, 2.24) is 9.88 Å². The lowest BCUT2D eigenvalue weighted by molar-refractivity contribution is 0.199. The van der Waals surface area contributed by atoms with Gasteiger partial charge in [-0.05, 0) is 51.1 Å². The summed E-state index contributed by atoms with van der Waals surface area (Å²) in [7, 11) is -4.67. The molecule has 11 heteroatoms. The fourth-order valence-electron chi connectivity index (χ4n) is 2.80. The predicted octanol–water partition coefficient (Wildman–Crippen LogP) is 3.78. The standard InChI is InChI=1S/C18H25Cl2N3O.H2O4S/c1-3-23(9-10-24)8-4-5-13(2)22-18-15-7-6-14(19)11-17(15)21-12-16(18)20;1-5(2,3)4/h6-7,11-13,24H,3-5,8-10H2,1-2H3,(H,21,22);(H2,1,2,3,4). The second-order valence-electron chi connectivity index (χ2n) is 6.44. The molecule has 2 aromatic rings. The number of fused-ring (bicyclic) bond motifs is 1. The Morgan fingerprint density at radius 3 is 2.48 bits per heavy atom. The molecule has 4 N–H and O–H groups in total. The number of halogens is 2. The molecule has 0 saturated carbocycles. The average Bonchev–Trinajstić information content (AvgIpc) is 2.62. The van der Waals surface area contributed by atoms with Crippen LogP contribution in [0.5, 0.6) is 0 Å². The number of likely N-dealkylation sites (N-methyl/N-ethyl adjacent to an activating group) is 1. The minimum atomic E-state index is -4.67. The number of pyridine rings is 1. The zero-order valence-electron chi connectivity index (χ0n) is 16.3. The van der Waals surface area contributed by atoms with Gasteiger partial charge in [0.05, 0.1) is 22.8 Å². The first kappa shape index (κ1) is 25.8. The van der Waals surface area contributed by atoms with Crippen LogP contribution in [0.3, 0.4) is 0 Å². The van der Waals surface area contributed by atoms with Crippen LogP contribution in [0.2, 0.25) is 10.0 Å². The van der Waals surface area contributed by atoms with E-state index in [1.165, 1.54) is 0 Å². The molecule has 0 aliphatic carbocycles. The summed E-state index contributed by atoms with van der Waals surface area (Å²) in [5, 5.41) is 14.8. The zero-order valence-corrected chi connectivity index (χ0v) is 18.7. The van der Waals surface area contributed by atoms with Crippen molar-refractivity contribution in [3.8, 4) is 0 Å². The van der Waals surface area contributed by atoms with Crippen LogP contribution in [0.1, 0.15) is 26.7 Å². The molecule has 0 amide bonds. The number of benzene rings is 1. The van der Waals surface area contributed by atoms with Gasteiger partial charge in [0.1, 0.15) is 0 Å².